The summed E-state index contributed by atoms with van der Waals surface area (Å²) in [6.07, 6.45) is -0.991. The van der Waals surface area contributed by atoms with Gasteiger partial charge in [0, 0.05) is 5.56 Å². The Morgan fingerprint density at radius 2 is 1.71 bits per heavy atom. The summed E-state index contributed by atoms with van der Waals surface area (Å²) in [5, 5.41) is 13.8. The number of carbonyl (C=O) groups excluding carboxylic acids is 1. The Bertz CT molecular complexity index is 971. The van der Waals surface area contributed by atoms with Crippen LogP contribution in [0.4, 0.5) is 4.79 Å². The number of carboxylic acids is 1. The first-order valence-electron chi connectivity index (χ1n) is 8.83. The number of rotatable bonds is 7. The monoisotopic (exact) mass is 379 g/mol. The summed E-state index contributed by atoms with van der Waals surface area (Å²) in [5.41, 5.74) is 1.45. The minimum absolute atomic E-state index is 0.0964. The summed E-state index contributed by atoms with van der Waals surface area (Å²) < 4.78 is 10.7. The van der Waals surface area contributed by atoms with Gasteiger partial charge in [-0.15, -0.1) is 0 Å². The number of methoxy groups -OCH3 is 1. The van der Waals surface area contributed by atoms with Crippen LogP contribution >= 0.6 is 0 Å². The molecule has 3 rings (SSSR count). The van der Waals surface area contributed by atoms with Gasteiger partial charge >= 0.3 is 12.1 Å². The van der Waals surface area contributed by atoms with Crippen molar-refractivity contribution in [3.05, 3.63) is 77.9 Å². The van der Waals surface area contributed by atoms with Gasteiger partial charge in [-0.1, -0.05) is 60.7 Å². The van der Waals surface area contributed by atoms with Gasteiger partial charge in [0.25, 0.3) is 0 Å². The lowest BCUT2D eigenvalue weighted by atomic mass is 9.95. The molecule has 3 aromatic carbocycles. The molecule has 0 fully saturated rings. The standard InChI is InChI=1S/C22H21NO5/c1-27-19-12-11-16-9-5-6-10-17(16)21(19)18(13-20(24)25)23-22(26)28-14-15-7-3-2-4-8-15/h2-12,18H,13-14H2,1H3,(H,23,26)(H,24,25)/t18-/m0/s1. The molecular weight excluding hydrogens is 358 g/mol. The van der Waals surface area contributed by atoms with Crippen molar-refractivity contribution in [2.24, 2.45) is 0 Å². The van der Waals surface area contributed by atoms with E-state index < -0.39 is 18.1 Å². The highest BCUT2D eigenvalue weighted by molar-refractivity contribution is 5.89. The van der Waals surface area contributed by atoms with Crippen LogP contribution < -0.4 is 10.1 Å². The van der Waals surface area contributed by atoms with E-state index >= 15 is 0 Å². The summed E-state index contributed by atoms with van der Waals surface area (Å²) in [6, 6.07) is 19.7. The van der Waals surface area contributed by atoms with Crippen molar-refractivity contribution < 1.29 is 24.2 Å². The highest BCUT2D eigenvalue weighted by Crippen LogP contribution is 2.34. The van der Waals surface area contributed by atoms with Crippen molar-refractivity contribution in [1.82, 2.24) is 5.32 Å². The summed E-state index contributed by atoms with van der Waals surface area (Å²) in [7, 11) is 1.51. The Balaban J connectivity index is 1.87. The van der Waals surface area contributed by atoms with E-state index in [1.54, 1.807) is 6.07 Å². The van der Waals surface area contributed by atoms with Crippen molar-refractivity contribution in [3.63, 3.8) is 0 Å². The quantitative estimate of drug-likeness (QED) is 0.640. The summed E-state index contributed by atoms with van der Waals surface area (Å²) in [5.74, 6) is -0.531. The molecule has 2 N–H and O–H groups in total. The van der Waals surface area contributed by atoms with Crippen molar-refractivity contribution in [1.29, 1.82) is 0 Å². The van der Waals surface area contributed by atoms with Crippen molar-refractivity contribution in [2.75, 3.05) is 7.11 Å². The smallest absolute Gasteiger partial charge is 0.407 e. The molecule has 0 saturated carbocycles. The van der Waals surface area contributed by atoms with E-state index in [2.05, 4.69) is 5.32 Å². The molecule has 0 bridgehead atoms. The first-order valence-corrected chi connectivity index (χ1v) is 8.83. The molecule has 6 heteroatoms. The van der Waals surface area contributed by atoms with Gasteiger partial charge in [-0.2, -0.15) is 0 Å². The van der Waals surface area contributed by atoms with E-state index in [4.69, 9.17) is 9.47 Å². The van der Waals surface area contributed by atoms with Gasteiger partial charge in [-0.25, -0.2) is 4.79 Å². The molecule has 0 aliphatic heterocycles. The lowest BCUT2D eigenvalue weighted by Gasteiger charge is -2.21. The molecule has 0 radical (unpaired) electrons. The second-order valence-electron chi connectivity index (χ2n) is 6.26. The van der Waals surface area contributed by atoms with Gasteiger partial charge in [-0.05, 0) is 22.4 Å². The first kappa shape index (κ1) is 19.2. The molecule has 0 saturated heterocycles. The summed E-state index contributed by atoms with van der Waals surface area (Å²) in [4.78, 5) is 23.8. The highest BCUT2D eigenvalue weighted by atomic mass is 16.5. The van der Waals surface area contributed by atoms with E-state index in [9.17, 15) is 14.7 Å². The minimum Gasteiger partial charge on any atom is -0.496 e. The molecule has 0 aliphatic rings. The number of benzene rings is 3. The number of carboxylic acid groups (broad SMARTS) is 1. The van der Waals surface area contributed by atoms with Gasteiger partial charge in [0.1, 0.15) is 12.4 Å². The van der Waals surface area contributed by atoms with Gasteiger partial charge in [-0.3, -0.25) is 4.79 Å². The zero-order chi connectivity index (χ0) is 19.9. The van der Waals surface area contributed by atoms with Crippen LogP contribution in [-0.2, 0) is 16.1 Å². The molecule has 1 amide bonds. The zero-order valence-electron chi connectivity index (χ0n) is 15.4. The normalized spacial score (nSPS) is 11.6. The SMILES string of the molecule is COc1ccc2ccccc2c1[C@H](CC(=O)O)NC(=O)OCc1ccccc1. The minimum atomic E-state index is -1.04. The average Bonchev–Trinajstić information content (AvgIpc) is 2.71. The van der Waals surface area contributed by atoms with Crippen LogP contribution in [0.2, 0.25) is 0 Å². The molecule has 0 heterocycles. The predicted molar refractivity (Wildman–Crippen MR) is 105 cm³/mol. The van der Waals surface area contributed by atoms with Crippen LogP contribution in [0, 0.1) is 0 Å². The predicted octanol–water partition coefficient (Wildman–Crippen LogP) is 4.29. The van der Waals surface area contributed by atoms with E-state index in [0.29, 0.717) is 11.3 Å². The second kappa shape index (κ2) is 8.90. The molecule has 0 spiro atoms. The molecule has 28 heavy (non-hydrogen) atoms. The van der Waals surface area contributed by atoms with Gasteiger partial charge in [0.15, 0.2) is 0 Å². The van der Waals surface area contributed by atoms with Crippen LogP contribution in [-0.4, -0.2) is 24.3 Å². The highest BCUT2D eigenvalue weighted by Gasteiger charge is 2.24. The number of alkyl carbamates (subject to hydrolysis) is 1. The molecule has 0 aliphatic carbocycles. The number of aliphatic carboxylic acids is 1. The molecule has 0 unspecified atom stereocenters. The van der Waals surface area contributed by atoms with E-state index in [-0.39, 0.29) is 13.0 Å². The lowest BCUT2D eigenvalue weighted by molar-refractivity contribution is -0.137. The van der Waals surface area contributed by atoms with Crippen LogP contribution in [0.25, 0.3) is 10.8 Å². The topological polar surface area (TPSA) is 84.9 Å². The van der Waals surface area contributed by atoms with E-state index in [0.717, 1.165) is 16.3 Å². The molecule has 6 nitrogen and oxygen atoms in total. The number of amides is 1. The van der Waals surface area contributed by atoms with Crippen LogP contribution in [0.5, 0.6) is 5.75 Å². The number of nitrogens with one attached hydrogen (secondary N) is 1. The first-order chi connectivity index (χ1) is 13.6. The average molecular weight is 379 g/mol. The Morgan fingerprint density at radius 3 is 2.43 bits per heavy atom. The fourth-order valence-corrected chi connectivity index (χ4v) is 3.12. The Kier molecular flexibility index (Phi) is 6.11. The molecular formula is C22H21NO5. The van der Waals surface area contributed by atoms with Crippen molar-refractivity contribution >= 4 is 22.8 Å². The third kappa shape index (κ3) is 4.59. The zero-order valence-corrected chi connectivity index (χ0v) is 15.4. The van der Waals surface area contributed by atoms with Crippen molar-refractivity contribution in [3.8, 4) is 5.75 Å². The maximum absolute atomic E-state index is 12.4. The van der Waals surface area contributed by atoms with Crippen molar-refractivity contribution in [2.45, 2.75) is 19.1 Å². The van der Waals surface area contributed by atoms with Crippen LogP contribution in [0.15, 0.2) is 66.7 Å². The molecule has 144 valence electrons. The Morgan fingerprint density at radius 1 is 1.00 bits per heavy atom. The summed E-state index contributed by atoms with van der Waals surface area (Å²) >= 11 is 0. The fraction of sp³-hybridized carbons (Fsp3) is 0.182. The van der Waals surface area contributed by atoms with E-state index in [1.165, 1.54) is 7.11 Å². The fourth-order valence-electron chi connectivity index (χ4n) is 3.12. The van der Waals surface area contributed by atoms with Gasteiger partial charge in [0.2, 0.25) is 0 Å². The van der Waals surface area contributed by atoms with E-state index in [1.807, 2.05) is 60.7 Å². The van der Waals surface area contributed by atoms with Crippen LogP contribution in [0.1, 0.15) is 23.6 Å². The second-order valence-corrected chi connectivity index (χ2v) is 6.26. The largest absolute Gasteiger partial charge is 0.496 e. The summed E-state index contributed by atoms with van der Waals surface area (Å²) in [6.45, 7) is 0.0964. The lowest BCUT2D eigenvalue weighted by Crippen LogP contribution is -2.31. The van der Waals surface area contributed by atoms with Gasteiger partial charge < -0.3 is 19.9 Å². The van der Waals surface area contributed by atoms with Gasteiger partial charge in [0.05, 0.1) is 19.6 Å². The number of hydrogen-bond acceptors (Lipinski definition) is 4. The molecule has 1 atom stereocenters. The number of ether oxygens (including phenoxy) is 2. The molecule has 3 aromatic rings. The van der Waals surface area contributed by atoms with Crippen LogP contribution in [0.3, 0.4) is 0 Å². The maximum Gasteiger partial charge on any atom is 0.407 e. The maximum atomic E-state index is 12.4. The third-order valence-corrected chi connectivity index (χ3v) is 4.38. The Hall–Kier alpha value is -3.54. The number of carbonyl (C=O) groups is 2. The number of fused-ring (bicyclic) bond motifs is 1. The third-order valence-electron chi connectivity index (χ3n) is 4.38. The molecule has 0 aromatic heterocycles. The Labute approximate surface area is 162 Å². The number of hydrogen-bond donors (Lipinski definition) is 2.